The minimum atomic E-state index is -1.04. The Morgan fingerprint density at radius 3 is 0.938 bits per heavy atom. The standard InChI is InChI=1S/C88H124Cl4N20O17.ClH/c89-66-22-6-1-18-61(66)56-126-85(122)107-71(27-13-37-93)80(117)102-46-42-97-76(113)33-51-111(52-34-77(114)98-43-47-103-81(118)72(28-14-38-94)108-86(123)127-57-62-19-2-7-23-67(62)90)50-12-11-31-75(84(121)101-41-32-65-55-60-17-5-10-26-70(60)106-65)112(53-35-78(115)99-44-48-104-82(119)73(29-15-39-95)109-87(124)128-58-63-20-3-8-24-68(63)91)54-36-79(116)100-45-49-105-83(120)74(30-16-40-96)110-88(125)129-59-64-21-4-9-25-69(64)92;/h1-10,17-26,55,71-75,106H,11-16,27-54,56-59,93-96H2,(H,97,113)(H,98,114)(H,99,115)(H,100,116)(H,101,121)(H,102,117)(H,103,118)(H,104,119)(H,105,120)(H,107,122)(H,108,123)(H,109,124)(H,110,125);1H/t71-,72-,73-,74-,75-;/m0./s1. The lowest BCUT2D eigenvalue weighted by Crippen LogP contribution is -2.50. The fourth-order valence-corrected chi connectivity index (χ4v) is 13.9. The number of aromatic amines is 1. The largest absolute Gasteiger partial charge is 0.445 e. The molecule has 0 unspecified atom stereocenters. The fraction of sp³-hybridized carbons (Fsp3) is 0.489. The molecule has 0 spiro atoms. The van der Waals surface area contributed by atoms with Crippen molar-refractivity contribution in [3.63, 3.8) is 0 Å². The monoisotopic (exact) mass is 1910 g/mol. The number of unbranched alkanes of at least 4 members (excludes halogenated alkanes) is 1. The zero-order chi connectivity index (χ0) is 93.3. The molecule has 6 aromatic rings. The average Bonchev–Trinajstić information content (AvgIpc) is 1.69. The van der Waals surface area contributed by atoms with Crippen LogP contribution in [0.4, 0.5) is 19.2 Å². The number of nitrogens with zero attached hydrogens (tertiary/aromatic N) is 2. The molecular formula is C88H125Cl5N20O17. The topological polar surface area (TPSA) is 542 Å². The van der Waals surface area contributed by atoms with Crippen molar-refractivity contribution < 1.29 is 81.3 Å². The number of aromatic nitrogens is 1. The van der Waals surface area contributed by atoms with E-state index in [9.17, 15) is 57.5 Å². The van der Waals surface area contributed by atoms with Crippen molar-refractivity contribution in [2.75, 3.05) is 118 Å². The number of amides is 13. The quantitative estimate of drug-likeness (QED) is 0.0162. The van der Waals surface area contributed by atoms with Crippen LogP contribution in [-0.2, 0) is 94.9 Å². The number of rotatable bonds is 62. The summed E-state index contributed by atoms with van der Waals surface area (Å²) in [6, 6.07) is 31.8. The summed E-state index contributed by atoms with van der Waals surface area (Å²) in [7, 11) is 0. The second kappa shape index (κ2) is 64.0. The lowest BCUT2D eigenvalue weighted by molar-refractivity contribution is -0.129. The number of para-hydroxylation sites is 1. The highest BCUT2D eigenvalue weighted by Crippen LogP contribution is 2.22. The Balaban J connectivity index is 0.0000299. The number of carbonyl (C=O) groups is 13. The molecule has 130 heavy (non-hydrogen) atoms. The highest BCUT2D eigenvalue weighted by molar-refractivity contribution is 6.32. The maximum absolute atomic E-state index is 15.0. The van der Waals surface area contributed by atoms with Gasteiger partial charge in [-0.1, -0.05) is 144 Å². The van der Waals surface area contributed by atoms with Crippen molar-refractivity contribution in [1.29, 1.82) is 0 Å². The zero-order valence-electron chi connectivity index (χ0n) is 72.9. The molecular weight excluding hydrogens is 1790 g/mol. The van der Waals surface area contributed by atoms with Gasteiger partial charge in [0, 0.05) is 171 Å². The van der Waals surface area contributed by atoms with E-state index in [0.717, 1.165) is 16.6 Å². The first-order valence-electron chi connectivity index (χ1n) is 43.3. The Morgan fingerprint density at radius 2 is 0.623 bits per heavy atom. The summed E-state index contributed by atoms with van der Waals surface area (Å²) < 4.78 is 21.4. The number of halogens is 5. The molecule has 0 saturated carbocycles. The summed E-state index contributed by atoms with van der Waals surface area (Å²) in [6.07, 6.45) is -0.451. The second-order valence-electron chi connectivity index (χ2n) is 30.1. The molecule has 1 heterocycles. The Hall–Kier alpha value is -10.8. The number of benzene rings is 5. The summed E-state index contributed by atoms with van der Waals surface area (Å²) in [5.41, 5.74) is 27.1. The maximum atomic E-state index is 15.0. The molecule has 6 rings (SSSR count). The van der Waals surface area contributed by atoms with E-state index in [1.165, 1.54) is 0 Å². The van der Waals surface area contributed by atoms with Crippen LogP contribution in [0.1, 0.15) is 124 Å². The molecule has 0 fully saturated rings. The van der Waals surface area contributed by atoms with Crippen molar-refractivity contribution in [3.8, 4) is 0 Å². The van der Waals surface area contributed by atoms with E-state index in [4.69, 9.17) is 88.3 Å². The van der Waals surface area contributed by atoms with Gasteiger partial charge in [0.25, 0.3) is 0 Å². The lowest BCUT2D eigenvalue weighted by atomic mass is 10.0. The van der Waals surface area contributed by atoms with Crippen molar-refractivity contribution in [3.05, 3.63) is 175 Å². The van der Waals surface area contributed by atoms with E-state index in [-0.39, 0.29) is 214 Å². The normalized spacial score (nSPS) is 12.1. The third-order valence-corrected chi connectivity index (χ3v) is 21.7. The number of nitrogens with two attached hydrogens (primary N) is 4. The highest BCUT2D eigenvalue weighted by atomic mass is 35.5. The average molecular weight is 1910 g/mol. The van der Waals surface area contributed by atoms with Crippen LogP contribution >= 0.6 is 58.8 Å². The maximum Gasteiger partial charge on any atom is 0.408 e. The molecule has 0 aliphatic rings. The summed E-state index contributed by atoms with van der Waals surface area (Å²) in [5.74, 6) is -4.38. The number of carbonyl (C=O) groups excluding carboxylic acids is 13. The smallest absolute Gasteiger partial charge is 0.408 e. The molecule has 13 amide bonds. The first-order valence-corrected chi connectivity index (χ1v) is 44.8. The number of H-pyrrole nitrogens is 1. The molecule has 42 heteroatoms. The minimum Gasteiger partial charge on any atom is -0.445 e. The van der Waals surface area contributed by atoms with E-state index >= 15 is 4.79 Å². The van der Waals surface area contributed by atoms with Gasteiger partial charge >= 0.3 is 24.4 Å². The van der Waals surface area contributed by atoms with Gasteiger partial charge in [-0.2, -0.15) is 0 Å². The highest BCUT2D eigenvalue weighted by Gasteiger charge is 2.30. The second-order valence-corrected chi connectivity index (χ2v) is 31.7. The SMILES string of the molecule is Cl.NCCC[C@H](NC(=O)OCc1ccccc1Cl)C(=O)NCCNC(=O)CCN(CCCC[C@@H](C(=O)NCCc1cc2ccccc2[nH]1)N(CCC(=O)NCCNC(=O)[C@H](CCCN)NC(=O)OCc1ccccc1Cl)CCC(=O)NCCNC(=O)[C@H](CCCN)NC(=O)OCc1ccccc1Cl)CCC(=O)NCCNC(=O)[C@H](CCCN)NC(=O)OCc1ccccc1Cl. The minimum absolute atomic E-state index is 0. The molecule has 1 aromatic heterocycles. The first-order chi connectivity index (χ1) is 62.4. The molecule has 0 bridgehead atoms. The van der Waals surface area contributed by atoms with E-state index < -0.39 is 108 Å². The molecule has 714 valence electrons. The van der Waals surface area contributed by atoms with Gasteiger partial charge in [0.05, 0.1) is 6.04 Å². The van der Waals surface area contributed by atoms with E-state index in [2.05, 4.69) is 74.1 Å². The predicted molar refractivity (Wildman–Crippen MR) is 498 cm³/mol. The van der Waals surface area contributed by atoms with Gasteiger partial charge in [-0.25, -0.2) is 19.2 Å². The Bertz CT molecular complexity index is 4270. The summed E-state index contributed by atoms with van der Waals surface area (Å²) in [5, 5.41) is 38.1. The number of nitrogens with one attached hydrogen (secondary N) is 14. The molecule has 0 aliphatic heterocycles. The fourth-order valence-electron chi connectivity index (χ4n) is 13.2. The molecule has 5 atom stereocenters. The Labute approximate surface area is 783 Å². The van der Waals surface area contributed by atoms with E-state index in [0.29, 0.717) is 87.3 Å². The van der Waals surface area contributed by atoms with Gasteiger partial charge in [0.1, 0.15) is 50.6 Å². The summed E-state index contributed by atoms with van der Waals surface area (Å²) in [6.45, 7) is 0.603. The zero-order valence-corrected chi connectivity index (χ0v) is 76.8. The number of alkyl carbamates (subject to hydrolysis) is 4. The number of fused-ring (bicyclic) bond motifs is 1. The summed E-state index contributed by atoms with van der Waals surface area (Å²) in [4.78, 5) is 183. The van der Waals surface area contributed by atoms with Crippen molar-refractivity contribution >= 4 is 147 Å². The molecule has 0 radical (unpaired) electrons. The van der Waals surface area contributed by atoms with Gasteiger partial charge in [0.15, 0.2) is 0 Å². The van der Waals surface area contributed by atoms with Gasteiger partial charge in [-0.05, 0) is 139 Å². The van der Waals surface area contributed by atoms with Crippen LogP contribution in [0, 0.1) is 0 Å². The van der Waals surface area contributed by atoms with Gasteiger partial charge in [-0.15, -0.1) is 12.4 Å². The van der Waals surface area contributed by atoms with Crippen LogP contribution in [0.15, 0.2) is 127 Å². The van der Waals surface area contributed by atoms with Crippen molar-refractivity contribution in [1.82, 2.24) is 83.9 Å². The summed E-state index contributed by atoms with van der Waals surface area (Å²) >= 11 is 25.0. The molecule has 22 N–H and O–H groups in total. The van der Waals surface area contributed by atoms with Crippen LogP contribution in [0.5, 0.6) is 0 Å². The number of hydrogen-bond acceptors (Lipinski definition) is 23. The van der Waals surface area contributed by atoms with Crippen molar-refractivity contribution in [2.24, 2.45) is 22.9 Å². The molecule has 37 nitrogen and oxygen atoms in total. The van der Waals surface area contributed by atoms with Crippen LogP contribution in [0.3, 0.4) is 0 Å². The van der Waals surface area contributed by atoms with Gasteiger partial charge in [0.2, 0.25) is 53.2 Å². The van der Waals surface area contributed by atoms with E-state index in [1.807, 2.05) is 35.2 Å². The Kier molecular flexibility index (Phi) is 54.0. The van der Waals surface area contributed by atoms with Crippen LogP contribution in [0.25, 0.3) is 10.9 Å². The lowest BCUT2D eigenvalue weighted by Gasteiger charge is -2.31. The van der Waals surface area contributed by atoms with Crippen LogP contribution < -0.4 is 92.1 Å². The Morgan fingerprint density at radius 1 is 0.331 bits per heavy atom. The third-order valence-electron chi connectivity index (χ3n) is 20.3. The van der Waals surface area contributed by atoms with Crippen LogP contribution in [0.2, 0.25) is 20.1 Å². The molecule has 5 aromatic carbocycles. The van der Waals surface area contributed by atoms with Crippen LogP contribution in [-0.4, -0.2) is 240 Å². The number of hydrogen-bond donors (Lipinski definition) is 18. The number of ether oxygens (including phenoxy) is 4. The third kappa shape index (κ3) is 44.2. The van der Waals surface area contributed by atoms with E-state index in [1.54, 1.807) is 102 Å². The first kappa shape index (κ1) is 110. The van der Waals surface area contributed by atoms with Crippen molar-refractivity contribution in [2.45, 2.75) is 159 Å². The molecule has 0 aliphatic carbocycles. The van der Waals surface area contributed by atoms with Gasteiger partial charge in [-0.3, -0.25) is 48.1 Å². The van der Waals surface area contributed by atoms with Gasteiger partial charge < -0.3 is 121 Å². The predicted octanol–water partition coefficient (Wildman–Crippen LogP) is 5.63. The molecule has 0 saturated heterocycles.